The normalized spacial score (nSPS) is 15.4. The van der Waals surface area contributed by atoms with E-state index in [2.05, 4.69) is 20.3 Å². The number of benzene rings is 1. The van der Waals surface area contributed by atoms with Crippen molar-refractivity contribution in [3.8, 4) is 11.3 Å². The van der Waals surface area contributed by atoms with Gasteiger partial charge in [0.15, 0.2) is 11.5 Å². The SMILES string of the molecule is Cc1nc2ccc(-c3ccnc(C4CNC4)n3)cc2o1. The molecule has 0 unspecified atom stereocenters. The van der Waals surface area contributed by atoms with Gasteiger partial charge in [-0.3, -0.25) is 0 Å². The second kappa shape index (κ2) is 4.38. The van der Waals surface area contributed by atoms with Gasteiger partial charge < -0.3 is 9.73 Å². The molecule has 100 valence electrons. The lowest BCUT2D eigenvalue weighted by atomic mass is 10.0. The van der Waals surface area contributed by atoms with Crippen molar-refractivity contribution < 1.29 is 4.42 Å². The highest BCUT2D eigenvalue weighted by molar-refractivity contribution is 5.79. The molecule has 3 heterocycles. The summed E-state index contributed by atoms with van der Waals surface area (Å²) < 4.78 is 5.58. The van der Waals surface area contributed by atoms with Crippen LogP contribution in [0.4, 0.5) is 0 Å². The summed E-state index contributed by atoms with van der Waals surface area (Å²) in [4.78, 5) is 13.3. The van der Waals surface area contributed by atoms with E-state index in [1.165, 1.54) is 0 Å². The van der Waals surface area contributed by atoms with Crippen LogP contribution >= 0.6 is 0 Å². The minimum Gasteiger partial charge on any atom is -0.441 e. The highest BCUT2D eigenvalue weighted by Gasteiger charge is 2.21. The number of aryl methyl sites for hydroxylation is 1. The lowest BCUT2D eigenvalue weighted by Crippen LogP contribution is -2.40. The van der Waals surface area contributed by atoms with Crippen molar-refractivity contribution in [3.05, 3.63) is 42.2 Å². The molecular formula is C15H14N4O. The molecule has 0 atom stereocenters. The summed E-state index contributed by atoms with van der Waals surface area (Å²) in [5.74, 6) is 2.03. The Morgan fingerprint density at radius 3 is 2.90 bits per heavy atom. The second-order valence-electron chi connectivity index (χ2n) is 5.07. The van der Waals surface area contributed by atoms with Gasteiger partial charge in [-0.2, -0.15) is 0 Å². The summed E-state index contributed by atoms with van der Waals surface area (Å²) in [6.07, 6.45) is 1.83. The molecule has 3 aromatic rings. The standard InChI is InChI=1S/C15H14N4O/c1-9-18-13-3-2-10(6-14(13)20-9)12-4-5-17-15(19-12)11-7-16-8-11/h2-6,11,16H,7-8H2,1H3. The minimum absolute atomic E-state index is 0.436. The molecule has 0 radical (unpaired) electrons. The molecule has 5 heteroatoms. The highest BCUT2D eigenvalue weighted by atomic mass is 16.3. The van der Waals surface area contributed by atoms with Crippen LogP contribution in [0.3, 0.4) is 0 Å². The largest absolute Gasteiger partial charge is 0.441 e. The Kier molecular flexibility index (Phi) is 2.53. The van der Waals surface area contributed by atoms with Crippen molar-refractivity contribution in [2.24, 2.45) is 0 Å². The second-order valence-corrected chi connectivity index (χ2v) is 5.07. The fourth-order valence-corrected chi connectivity index (χ4v) is 2.40. The summed E-state index contributed by atoms with van der Waals surface area (Å²) in [5.41, 5.74) is 3.64. The third-order valence-corrected chi connectivity index (χ3v) is 3.61. The molecular weight excluding hydrogens is 252 g/mol. The van der Waals surface area contributed by atoms with Crippen LogP contribution in [-0.2, 0) is 0 Å². The molecule has 1 aliphatic heterocycles. The minimum atomic E-state index is 0.436. The van der Waals surface area contributed by atoms with E-state index in [-0.39, 0.29) is 0 Å². The first-order valence-electron chi connectivity index (χ1n) is 6.71. The first kappa shape index (κ1) is 11.5. The molecule has 5 nitrogen and oxygen atoms in total. The predicted molar refractivity (Wildman–Crippen MR) is 75.4 cm³/mol. The molecule has 0 saturated carbocycles. The molecule has 0 amide bonds. The molecule has 4 rings (SSSR count). The van der Waals surface area contributed by atoms with E-state index in [0.29, 0.717) is 11.8 Å². The highest BCUT2D eigenvalue weighted by Crippen LogP contribution is 2.25. The third kappa shape index (κ3) is 1.87. The predicted octanol–water partition coefficient (Wildman–Crippen LogP) is 2.28. The van der Waals surface area contributed by atoms with E-state index in [9.17, 15) is 0 Å². The first-order chi connectivity index (χ1) is 9.79. The Balaban J connectivity index is 1.77. The topological polar surface area (TPSA) is 63.8 Å². The zero-order valence-electron chi connectivity index (χ0n) is 11.1. The van der Waals surface area contributed by atoms with Crippen LogP contribution in [0.15, 0.2) is 34.9 Å². The van der Waals surface area contributed by atoms with E-state index >= 15 is 0 Å². The average Bonchev–Trinajstić information content (AvgIpc) is 2.76. The van der Waals surface area contributed by atoms with Crippen LogP contribution in [0.1, 0.15) is 17.6 Å². The molecule has 1 saturated heterocycles. The van der Waals surface area contributed by atoms with Crippen molar-refractivity contribution in [3.63, 3.8) is 0 Å². The summed E-state index contributed by atoms with van der Waals surface area (Å²) >= 11 is 0. The van der Waals surface area contributed by atoms with Crippen LogP contribution in [-0.4, -0.2) is 28.0 Å². The first-order valence-corrected chi connectivity index (χ1v) is 6.71. The Labute approximate surface area is 116 Å². The van der Waals surface area contributed by atoms with Crippen LogP contribution in [0.5, 0.6) is 0 Å². The molecule has 1 aromatic carbocycles. The number of nitrogens with zero attached hydrogens (tertiary/aromatic N) is 3. The van der Waals surface area contributed by atoms with Gasteiger partial charge >= 0.3 is 0 Å². The summed E-state index contributed by atoms with van der Waals surface area (Å²) in [5, 5.41) is 3.24. The van der Waals surface area contributed by atoms with Gasteiger partial charge in [0.05, 0.1) is 5.69 Å². The van der Waals surface area contributed by atoms with Gasteiger partial charge in [0.1, 0.15) is 11.3 Å². The molecule has 0 bridgehead atoms. The van der Waals surface area contributed by atoms with Gasteiger partial charge in [-0.25, -0.2) is 15.0 Å². The van der Waals surface area contributed by atoms with Crippen LogP contribution < -0.4 is 5.32 Å². The maximum absolute atomic E-state index is 5.58. The zero-order chi connectivity index (χ0) is 13.5. The molecule has 1 N–H and O–H groups in total. The number of oxazole rings is 1. The molecule has 1 aliphatic rings. The lowest BCUT2D eigenvalue weighted by Gasteiger charge is -2.25. The maximum Gasteiger partial charge on any atom is 0.192 e. The fourth-order valence-electron chi connectivity index (χ4n) is 2.40. The van der Waals surface area contributed by atoms with Crippen molar-refractivity contribution in [1.29, 1.82) is 0 Å². The van der Waals surface area contributed by atoms with Gasteiger partial charge in [0.2, 0.25) is 0 Å². The van der Waals surface area contributed by atoms with Crippen molar-refractivity contribution in [2.45, 2.75) is 12.8 Å². The number of rotatable bonds is 2. The van der Waals surface area contributed by atoms with E-state index in [1.54, 1.807) is 0 Å². The number of nitrogens with one attached hydrogen (secondary N) is 1. The summed E-state index contributed by atoms with van der Waals surface area (Å²) in [6, 6.07) is 7.91. The summed E-state index contributed by atoms with van der Waals surface area (Å²) in [7, 11) is 0. The Bertz CT molecular complexity index is 776. The van der Waals surface area contributed by atoms with Gasteiger partial charge in [-0.05, 0) is 18.2 Å². The number of aromatic nitrogens is 3. The molecule has 1 fully saturated rings. The smallest absolute Gasteiger partial charge is 0.192 e. The van der Waals surface area contributed by atoms with Gasteiger partial charge in [0, 0.05) is 37.7 Å². The van der Waals surface area contributed by atoms with Crippen LogP contribution in [0, 0.1) is 6.92 Å². The third-order valence-electron chi connectivity index (χ3n) is 3.61. The average molecular weight is 266 g/mol. The molecule has 0 aliphatic carbocycles. The molecule has 0 spiro atoms. The summed E-state index contributed by atoms with van der Waals surface area (Å²) in [6.45, 7) is 3.78. The van der Waals surface area contributed by atoms with Gasteiger partial charge in [-0.15, -0.1) is 0 Å². The number of hydrogen-bond acceptors (Lipinski definition) is 5. The monoisotopic (exact) mass is 266 g/mol. The number of hydrogen-bond donors (Lipinski definition) is 1. The number of fused-ring (bicyclic) bond motifs is 1. The van der Waals surface area contributed by atoms with E-state index in [0.717, 1.165) is 41.3 Å². The maximum atomic E-state index is 5.58. The van der Waals surface area contributed by atoms with E-state index < -0.39 is 0 Å². The van der Waals surface area contributed by atoms with Crippen LogP contribution in [0.25, 0.3) is 22.4 Å². The Morgan fingerprint density at radius 2 is 2.10 bits per heavy atom. The van der Waals surface area contributed by atoms with E-state index in [1.807, 2.05) is 37.4 Å². The molecule has 20 heavy (non-hydrogen) atoms. The van der Waals surface area contributed by atoms with E-state index in [4.69, 9.17) is 4.42 Å². The van der Waals surface area contributed by atoms with Gasteiger partial charge in [-0.1, -0.05) is 6.07 Å². The Morgan fingerprint density at radius 1 is 1.20 bits per heavy atom. The lowest BCUT2D eigenvalue weighted by molar-refractivity contribution is 0.430. The van der Waals surface area contributed by atoms with Crippen molar-refractivity contribution >= 4 is 11.1 Å². The quantitative estimate of drug-likeness (QED) is 0.771. The van der Waals surface area contributed by atoms with Crippen molar-refractivity contribution in [1.82, 2.24) is 20.3 Å². The van der Waals surface area contributed by atoms with Crippen molar-refractivity contribution in [2.75, 3.05) is 13.1 Å². The Hall–Kier alpha value is -2.27. The zero-order valence-corrected chi connectivity index (χ0v) is 11.1. The fraction of sp³-hybridized carbons (Fsp3) is 0.267. The van der Waals surface area contributed by atoms with Gasteiger partial charge in [0.25, 0.3) is 0 Å². The molecule has 2 aromatic heterocycles. The van der Waals surface area contributed by atoms with Crippen LogP contribution in [0.2, 0.25) is 0 Å².